The third kappa shape index (κ3) is 3.22. The van der Waals surface area contributed by atoms with Crippen LogP contribution in [0.1, 0.15) is 24.0 Å². The first-order chi connectivity index (χ1) is 7.96. The molecule has 17 heavy (non-hydrogen) atoms. The van der Waals surface area contributed by atoms with Gasteiger partial charge in [-0.1, -0.05) is 12.1 Å². The fourth-order valence-corrected chi connectivity index (χ4v) is 3.64. The van der Waals surface area contributed by atoms with Gasteiger partial charge < -0.3 is 5.32 Å². The predicted molar refractivity (Wildman–Crippen MR) is 71.2 cm³/mol. The molecule has 1 heterocycles. The van der Waals surface area contributed by atoms with Crippen LogP contribution in [0.25, 0.3) is 0 Å². The van der Waals surface area contributed by atoms with Crippen LogP contribution in [0.2, 0.25) is 0 Å². The Balaban J connectivity index is 2.05. The molecule has 0 aliphatic carbocycles. The Kier molecular flexibility index (Phi) is 3.43. The molecule has 0 saturated carbocycles. The highest BCUT2D eigenvalue weighted by atomic mass is 32.2. The number of rotatable bonds is 2. The molecule has 0 atom stereocenters. The minimum absolute atomic E-state index is 0.291. The molecule has 1 aromatic carbocycles. The summed E-state index contributed by atoms with van der Waals surface area (Å²) >= 11 is 0. The number of nitrogens with one attached hydrogen (secondary N) is 1. The quantitative estimate of drug-likeness (QED) is 0.879. The summed E-state index contributed by atoms with van der Waals surface area (Å²) in [5, 5.41) is 3.46. The molecule has 1 fully saturated rings. The van der Waals surface area contributed by atoms with Crippen molar-refractivity contribution in [3.05, 3.63) is 29.3 Å². The van der Waals surface area contributed by atoms with E-state index in [1.54, 1.807) is 0 Å². The third-order valence-electron chi connectivity index (χ3n) is 3.31. The Labute approximate surface area is 103 Å². The Bertz CT molecular complexity index is 494. The van der Waals surface area contributed by atoms with Crippen molar-refractivity contribution in [1.29, 1.82) is 0 Å². The second-order valence-electron chi connectivity index (χ2n) is 4.89. The van der Waals surface area contributed by atoms with Crippen molar-refractivity contribution in [3.63, 3.8) is 0 Å². The van der Waals surface area contributed by atoms with Crippen molar-refractivity contribution in [2.45, 2.75) is 32.7 Å². The minimum Gasteiger partial charge on any atom is -0.382 e. The van der Waals surface area contributed by atoms with E-state index in [1.165, 1.54) is 11.1 Å². The third-order valence-corrected chi connectivity index (χ3v) is 5.02. The van der Waals surface area contributed by atoms with E-state index >= 15 is 0 Å². The Morgan fingerprint density at radius 1 is 1.18 bits per heavy atom. The van der Waals surface area contributed by atoms with Gasteiger partial charge in [-0.2, -0.15) is 0 Å². The van der Waals surface area contributed by atoms with E-state index in [0.717, 1.165) is 18.5 Å². The minimum atomic E-state index is -2.77. The molecule has 1 N–H and O–H groups in total. The van der Waals surface area contributed by atoms with Crippen LogP contribution < -0.4 is 5.32 Å². The molecule has 2 rings (SSSR count). The molecular weight excluding hydrogens is 234 g/mol. The van der Waals surface area contributed by atoms with Crippen LogP contribution in [-0.4, -0.2) is 26.0 Å². The van der Waals surface area contributed by atoms with Crippen molar-refractivity contribution < 1.29 is 8.42 Å². The van der Waals surface area contributed by atoms with Crippen molar-refractivity contribution in [2.24, 2.45) is 0 Å². The number of hydrogen-bond donors (Lipinski definition) is 1. The fourth-order valence-electron chi connectivity index (χ4n) is 2.15. The van der Waals surface area contributed by atoms with Crippen LogP contribution in [0.15, 0.2) is 18.2 Å². The number of benzene rings is 1. The van der Waals surface area contributed by atoms with Crippen molar-refractivity contribution in [3.8, 4) is 0 Å². The van der Waals surface area contributed by atoms with E-state index in [2.05, 4.69) is 37.4 Å². The van der Waals surface area contributed by atoms with Gasteiger partial charge in [-0.3, -0.25) is 0 Å². The lowest BCUT2D eigenvalue weighted by Crippen LogP contribution is -2.32. The van der Waals surface area contributed by atoms with Gasteiger partial charge in [0.05, 0.1) is 11.5 Å². The molecule has 1 aliphatic rings. The van der Waals surface area contributed by atoms with Gasteiger partial charge >= 0.3 is 0 Å². The first-order valence-electron chi connectivity index (χ1n) is 6.00. The molecule has 1 aromatic rings. The van der Waals surface area contributed by atoms with Crippen molar-refractivity contribution >= 4 is 15.5 Å². The van der Waals surface area contributed by atoms with E-state index in [0.29, 0.717) is 17.5 Å². The van der Waals surface area contributed by atoms with Crippen molar-refractivity contribution in [1.82, 2.24) is 0 Å². The Hall–Kier alpha value is -1.03. The summed E-state index contributed by atoms with van der Waals surface area (Å²) in [5.74, 6) is 0.630. The maximum atomic E-state index is 11.3. The maximum absolute atomic E-state index is 11.3. The number of sulfone groups is 1. The molecule has 4 heteroatoms. The summed E-state index contributed by atoms with van der Waals surface area (Å²) < 4.78 is 22.7. The van der Waals surface area contributed by atoms with E-state index in [4.69, 9.17) is 0 Å². The summed E-state index contributed by atoms with van der Waals surface area (Å²) in [5.41, 5.74) is 3.57. The highest BCUT2D eigenvalue weighted by Crippen LogP contribution is 2.21. The van der Waals surface area contributed by atoms with Crippen LogP contribution in [-0.2, 0) is 9.84 Å². The Morgan fingerprint density at radius 3 is 2.47 bits per heavy atom. The molecule has 0 aromatic heterocycles. The van der Waals surface area contributed by atoms with Gasteiger partial charge in [0, 0.05) is 11.7 Å². The number of hydrogen-bond acceptors (Lipinski definition) is 3. The van der Waals surface area contributed by atoms with Gasteiger partial charge in [0.15, 0.2) is 0 Å². The summed E-state index contributed by atoms with van der Waals surface area (Å²) in [7, 11) is -2.77. The van der Waals surface area contributed by atoms with Gasteiger partial charge in [0.2, 0.25) is 0 Å². The highest BCUT2D eigenvalue weighted by Gasteiger charge is 2.23. The van der Waals surface area contributed by atoms with E-state index in [9.17, 15) is 8.42 Å². The molecule has 1 saturated heterocycles. The second-order valence-corrected chi connectivity index (χ2v) is 7.19. The molecule has 94 valence electrons. The topological polar surface area (TPSA) is 46.2 Å². The smallest absolute Gasteiger partial charge is 0.150 e. The zero-order valence-corrected chi connectivity index (χ0v) is 11.2. The first kappa shape index (κ1) is 12.4. The lowest BCUT2D eigenvalue weighted by molar-refractivity contribution is 0.559. The van der Waals surface area contributed by atoms with Gasteiger partial charge in [-0.05, 0) is 43.9 Å². The zero-order valence-electron chi connectivity index (χ0n) is 10.4. The lowest BCUT2D eigenvalue weighted by atomic mass is 10.1. The molecule has 0 radical (unpaired) electrons. The first-order valence-corrected chi connectivity index (χ1v) is 7.83. The van der Waals surface area contributed by atoms with Gasteiger partial charge in [0.1, 0.15) is 9.84 Å². The monoisotopic (exact) mass is 253 g/mol. The maximum Gasteiger partial charge on any atom is 0.150 e. The van der Waals surface area contributed by atoms with Gasteiger partial charge in [-0.15, -0.1) is 0 Å². The van der Waals surface area contributed by atoms with E-state index in [1.807, 2.05) is 0 Å². The molecule has 1 aliphatic heterocycles. The second kappa shape index (κ2) is 4.69. The fraction of sp³-hybridized carbons (Fsp3) is 0.538. The van der Waals surface area contributed by atoms with Gasteiger partial charge in [-0.25, -0.2) is 8.42 Å². The molecule has 0 bridgehead atoms. The van der Waals surface area contributed by atoms with Crippen molar-refractivity contribution in [2.75, 3.05) is 16.8 Å². The molecule has 3 nitrogen and oxygen atoms in total. The van der Waals surface area contributed by atoms with Crippen LogP contribution in [0, 0.1) is 13.8 Å². The van der Waals surface area contributed by atoms with E-state index in [-0.39, 0.29) is 0 Å². The molecule has 0 amide bonds. The molecule has 0 unspecified atom stereocenters. The summed E-state index contributed by atoms with van der Waals surface area (Å²) in [6.45, 7) is 4.14. The average Bonchev–Trinajstić information content (AvgIpc) is 2.26. The lowest BCUT2D eigenvalue weighted by Gasteiger charge is -2.25. The normalized spacial score (nSPS) is 20.1. The summed E-state index contributed by atoms with van der Waals surface area (Å²) in [6.07, 6.45) is 1.44. The van der Waals surface area contributed by atoms with Crippen LogP contribution >= 0.6 is 0 Å². The molecular formula is C13H19NO2S. The zero-order chi connectivity index (χ0) is 12.5. The number of aryl methyl sites for hydroxylation is 2. The number of anilines is 1. The summed E-state index contributed by atoms with van der Waals surface area (Å²) in [4.78, 5) is 0. The van der Waals surface area contributed by atoms with Gasteiger partial charge in [0.25, 0.3) is 0 Å². The highest BCUT2D eigenvalue weighted by molar-refractivity contribution is 7.91. The van der Waals surface area contributed by atoms with E-state index < -0.39 is 9.84 Å². The standard InChI is InChI=1S/C13H19NO2S/c1-10-3-4-11(2)13(9-10)14-12-5-7-17(15,16)8-6-12/h3-4,9,12,14H,5-8H2,1-2H3. The predicted octanol–water partition coefficient (Wildman–Crippen LogP) is 2.29. The average molecular weight is 253 g/mol. The SMILES string of the molecule is Cc1ccc(C)c(NC2CCS(=O)(=O)CC2)c1. The Morgan fingerprint density at radius 2 is 1.82 bits per heavy atom. The van der Waals surface area contributed by atoms with Crippen LogP contribution in [0.3, 0.4) is 0 Å². The van der Waals surface area contributed by atoms with Crippen LogP contribution in [0.5, 0.6) is 0 Å². The largest absolute Gasteiger partial charge is 0.382 e. The molecule has 0 spiro atoms. The van der Waals surface area contributed by atoms with Crippen LogP contribution in [0.4, 0.5) is 5.69 Å². The summed E-state index contributed by atoms with van der Waals surface area (Å²) in [6, 6.07) is 6.60.